The molecule has 23 heavy (non-hydrogen) atoms. The number of benzene rings is 2. The minimum absolute atomic E-state index is 0.0257. The largest absolute Gasteiger partial charge is 0.329 e. The second kappa shape index (κ2) is 7.74. The van der Waals surface area contributed by atoms with Crippen LogP contribution in [0.2, 0.25) is 5.02 Å². The zero-order chi connectivity index (χ0) is 16.8. The number of hydrogen-bond donors (Lipinski definition) is 1. The second-order valence-electron chi connectivity index (χ2n) is 4.99. The van der Waals surface area contributed by atoms with Gasteiger partial charge in [-0.05, 0) is 18.2 Å². The molecule has 0 spiro atoms. The van der Waals surface area contributed by atoms with E-state index in [1.807, 2.05) is 0 Å². The van der Waals surface area contributed by atoms with E-state index >= 15 is 0 Å². The lowest BCUT2D eigenvalue weighted by atomic mass is 10.2. The first-order valence-electron chi connectivity index (χ1n) is 7.00. The van der Waals surface area contributed by atoms with Crippen LogP contribution in [0, 0.1) is 5.82 Å². The average molecular weight is 335 g/mol. The summed E-state index contributed by atoms with van der Waals surface area (Å²) in [7, 11) is 0. The standard InChI is InChI=1S/C17H16ClFN2O2/c1-12(22)21(10-13-6-2-4-8-15(13)19)11-17(23)20-16-9-5-3-7-14(16)18/h2-9H,10-11H2,1H3,(H,20,23). The highest BCUT2D eigenvalue weighted by Crippen LogP contribution is 2.20. The van der Waals surface area contributed by atoms with E-state index in [1.54, 1.807) is 42.5 Å². The molecular weight excluding hydrogens is 319 g/mol. The van der Waals surface area contributed by atoms with Gasteiger partial charge in [0.2, 0.25) is 11.8 Å². The molecule has 120 valence electrons. The highest BCUT2D eigenvalue weighted by molar-refractivity contribution is 6.33. The average Bonchev–Trinajstić information content (AvgIpc) is 2.51. The molecule has 0 atom stereocenters. The van der Waals surface area contributed by atoms with Crippen molar-refractivity contribution in [2.75, 3.05) is 11.9 Å². The molecular formula is C17H16ClFN2O2. The van der Waals surface area contributed by atoms with Crippen LogP contribution in [0.4, 0.5) is 10.1 Å². The van der Waals surface area contributed by atoms with Crippen LogP contribution in [-0.4, -0.2) is 23.3 Å². The van der Waals surface area contributed by atoms with E-state index in [1.165, 1.54) is 17.9 Å². The fraction of sp³-hybridized carbons (Fsp3) is 0.176. The molecule has 0 saturated heterocycles. The molecule has 2 aromatic rings. The van der Waals surface area contributed by atoms with Crippen molar-refractivity contribution in [3.63, 3.8) is 0 Å². The van der Waals surface area contributed by atoms with Gasteiger partial charge in [-0.15, -0.1) is 0 Å². The zero-order valence-electron chi connectivity index (χ0n) is 12.6. The summed E-state index contributed by atoms with van der Waals surface area (Å²) in [4.78, 5) is 25.1. The van der Waals surface area contributed by atoms with E-state index in [0.717, 1.165) is 0 Å². The number of para-hydroxylation sites is 1. The van der Waals surface area contributed by atoms with E-state index in [2.05, 4.69) is 5.32 Å². The Balaban J connectivity index is 2.05. The monoisotopic (exact) mass is 334 g/mol. The molecule has 0 aliphatic rings. The van der Waals surface area contributed by atoms with Crippen LogP contribution in [0.1, 0.15) is 12.5 Å². The topological polar surface area (TPSA) is 49.4 Å². The van der Waals surface area contributed by atoms with Crippen LogP contribution in [0.3, 0.4) is 0 Å². The van der Waals surface area contributed by atoms with Gasteiger partial charge in [-0.1, -0.05) is 41.9 Å². The summed E-state index contributed by atoms with van der Waals surface area (Å²) in [5, 5.41) is 3.04. The molecule has 0 aliphatic heterocycles. The first kappa shape index (κ1) is 17.0. The van der Waals surface area contributed by atoms with Gasteiger partial charge in [0, 0.05) is 19.0 Å². The minimum atomic E-state index is -0.412. The Bertz CT molecular complexity index is 721. The van der Waals surface area contributed by atoms with Crippen molar-refractivity contribution < 1.29 is 14.0 Å². The molecule has 2 amide bonds. The normalized spacial score (nSPS) is 10.2. The van der Waals surface area contributed by atoms with Crippen LogP contribution < -0.4 is 5.32 Å². The quantitative estimate of drug-likeness (QED) is 0.910. The number of carbonyl (C=O) groups excluding carboxylic acids is 2. The van der Waals surface area contributed by atoms with Crippen LogP contribution in [0.15, 0.2) is 48.5 Å². The third-order valence-electron chi connectivity index (χ3n) is 3.25. The van der Waals surface area contributed by atoms with Gasteiger partial charge in [0.25, 0.3) is 0 Å². The van der Waals surface area contributed by atoms with Crippen molar-refractivity contribution in [2.45, 2.75) is 13.5 Å². The molecule has 2 rings (SSSR count). The van der Waals surface area contributed by atoms with Gasteiger partial charge in [-0.2, -0.15) is 0 Å². The van der Waals surface area contributed by atoms with Crippen molar-refractivity contribution in [3.05, 3.63) is 64.9 Å². The number of halogens is 2. The summed E-state index contributed by atoms with van der Waals surface area (Å²) >= 11 is 5.97. The number of amides is 2. The van der Waals surface area contributed by atoms with Crippen molar-refractivity contribution in [2.24, 2.45) is 0 Å². The van der Waals surface area contributed by atoms with Gasteiger partial charge >= 0.3 is 0 Å². The molecule has 2 aromatic carbocycles. The Morgan fingerprint density at radius 1 is 1.13 bits per heavy atom. The molecule has 1 N–H and O–H groups in total. The molecule has 0 heterocycles. The van der Waals surface area contributed by atoms with Crippen LogP contribution in [0.5, 0.6) is 0 Å². The van der Waals surface area contributed by atoms with Gasteiger partial charge < -0.3 is 10.2 Å². The predicted molar refractivity (Wildman–Crippen MR) is 87.6 cm³/mol. The molecule has 0 unspecified atom stereocenters. The molecule has 6 heteroatoms. The van der Waals surface area contributed by atoms with E-state index in [9.17, 15) is 14.0 Å². The molecule has 0 saturated carbocycles. The summed E-state index contributed by atoms with van der Waals surface area (Å²) in [5.74, 6) is -1.13. The maximum Gasteiger partial charge on any atom is 0.244 e. The van der Waals surface area contributed by atoms with E-state index in [4.69, 9.17) is 11.6 Å². The van der Waals surface area contributed by atoms with Crippen molar-refractivity contribution in [1.82, 2.24) is 4.90 Å². The summed E-state index contributed by atoms with van der Waals surface area (Å²) < 4.78 is 13.7. The second-order valence-corrected chi connectivity index (χ2v) is 5.40. The number of rotatable bonds is 5. The smallest absolute Gasteiger partial charge is 0.244 e. The molecule has 4 nitrogen and oxygen atoms in total. The van der Waals surface area contributed by atoms with Crippen molar-refractivity contribution >= 4 is 29.1 Å². The SMILES string of the molecule is CC(=O)N(CC(=O)Nc1ccccc1Cl)Cc1ccccc1F. The molecule has 0 bridgehead atoms. The fourth-order valence-electron chi connectivity index (χ4n) is 2.04. The maximum atomic E-state index is 13.7. The number of nitrogens with zero attached hydrogens (tertiary/aromatic N) is 1. The van der Waals surface area contributed by atoms with E-state index in [0.29, 0.717) is 16.3 Å². The Hall–Kier alpha value is -2.40. The van der Waals surface area contributed by atoms with Gasteiger partial charge in [0.15, 0.2) is 0 Å². The first-order valence-corrected chi connectivity index (χ1v) is 7.38. The third kappa shape index (κ3) is 4.79. The predicted octanol–water partition coefficient (Wildman–Crippen LogP) is 3.47. The Morgan fingerprint density at radius 2 is 1.78 bits per heavy atom. The molecule has 0 aliphatic carbocycles. The number of nitrogens with one attached hydrogen (secondary N) is 1. The first-order chi connectivity index (χ1) is 11.0. The van der Waals surface area contributed by atoms with Crippen LogP contribution in [-0.2, 0) is 16.1 Å². The number of hydrogen-bond acceptors (Lipinski definition) is 2. The lowest BCUT2D eigenvalue weighted by molar-refractivity contribution is -0.133. The van der Waals surface area contributed by atoms with Gasteiger partial charge in [0.1, 0.15) is 12.4 Å². The highest BCUT2D eigenvalue weighted by atomic mass is 35.5. The van der Waals surface area contributed by atoms with Gasteiger partial charge in [0.05, 0.1) is 10.7 Å². The minimum Gasteiger partial charge on any atom is -0.329 e. The van der Waals surface area contributed by atoms with Crippen molar-refractivity contribution in [3.8, 4) is 0 Å². The van der Waals surface area contributed by atoms with E-state index in [-0.39, 0.29) is 19.0 Å². The van der Waals surface area contributed by atoms with Crippen LogP contribution >= 0.6 is 11.6 Å². The molecule has 0 radical (unpaired) electrons. The maximum absolute atomic E-state index is 13.7. The number of carbonyl (C=O) groups is 2. The van der Waals surface area contributed by atoms with Gasteiger partial charge in [-0.3, -0.25) is 9.59 Å². The lowest BCUT2D eigenvalue weighted by Gasteiger charge is -2.21. The molecule has 0 fully saturated rings. The van der Waals surface area contributed by atoms with Gasteiger partial charge in [-0.25, -0.2) is 4.39 Å². The molecule has 0 aromatic heterocycles. The lowest BCUT2D eigenvalue weighted by Crippen LogP contribution is -2.36. The Morgan fingerprint density at radius 3 is 2.43 bits per heavy atom. The number of anilines is 1. The zero-order valence-corrected chi connectivity index (χ0v) is 13.3. The summed E-state index contributed by atoms with van der Waals surface area (Å²) in [5.41, 5.74) is 0.821. The van der Waals surface area contributed by atoms with Crippen molar-refractivity contribution in [1.29, 1.82) is 0 Å². The fourth-order valence-corrected chi connectivity index (χ4v) is 2.22. The highest BCUT2D eigenvalue weighted by Gasteiger charge is 2.16. The van der Waals surface area contributed by atoms with Crippen LogP contribution in [0.25, 0.3) is 0 Å². The Kier molecular flexibility index (Phi) is 5.71. The van der Waals surface area contributed by atoms with E-state index < -0.39 is 11.7 Å². The summed E-state index contributed by atoms with van der Waals surface area (Å²) in [6.45, 7) is 1.18. The third-order valence-corrected chi connectivity index (χ3v) is 3.58. The summed E-state index contributed by atoms with van der Waals surface area (Å²) in [6.07, 6.45) is 0. The Labute approximate surface area is 138 Å². The summed E-state index contributed by atoms with van der Waals surface area (Å²) in [6, 6.07) is 13.0.